The lowest BCUT2D eigenvalue weighted by atomic mass is 9.90. The van der Waals surface area contributed by atoms with Crippen LogP contribution in [0.15, 0.2) is 0 Å². The Bertz CT molecular complexity index is 324. The molecule has 1 heterocycles. The zero-order valence-corrected chi connectivity index (χ0v) is 12.5. The molecular formula is C13H23NO4S. The molecule has 0 aromatic heterocycles. The minimum absolute atomic E-state index is 0.0607. The van der Waals surface area contributed by atoms with Crippen molar-refractivity contribution in [2.75, 3.05) is 31.8 Å². The van der Waals surface area contributed by atoms with Crippen LogP contribution in [0.1, 0.15) is 32.6 Å². The first kappa shape index (κ1) is 16.3. The number of carboxylic acids is 1. The molecule has 1 fully saturated rings. The highest BCUT2D eigenvalue weighted by atomic mass is 32.2. The van der Waals surface area contributed by atoms with Gasteiger partial charge in [0.25, 0.3) is 0 Å². The van der Waals surface area contributed by atoms with Gasteiger partial charge >= 0.3 is 5.97 Å². The molecular weight excluding hydrogens is 266 g/mol. The highest BCUT2D eigenvalue weighted by molar-refractivity contribution is 7.99. The first-order valence-electron chi connectivity index (χ1n) is 6.69. The molecule has 1 atom stereocenters. The number of nitrogens with zero attached hydrogens (tertiary/aromatic N) is 1. The van der Waals surface area contributed by atoms with E-state index in [9.17, 15) is 14.7 Å². The van der Waals surface area contributed by atoms with Crippen LogP contribution >= 0.6 is 11.8 Å². The number of hydrogen-bond acceptors (Lipinski definition) is 4. The minimum Gasteiger partial charge on any atom is -0.479 e. The van der Waals surface area contributed by atoms with E-state index in [1.165, 1.54) is 11.8 Å². The van der Waals surface area contributed by atoms with E-state index in [0.717, 1.165) is 18.6 Å². The summed E-state index contributed by atoms with van der Waals surface area (Å²) in [7, 11) is 1.62. The Kier molecular flexibility index (Phi) is 6.65. The number of carbonyl (C=O) groups is 2. The highest BCUT2D eigenvalue weighted by Crippen LogP contribution is 2.34. The number of aliphatic carboxylic acids is 1. The number of carboxylic acid groups (broad SMARTS) is 1. The first-order chi connectivity index (χ1) is 9.08. The van der Waals surface area contributed by atoms with Crippen molar-refractivity contribution < 1.29 is 19.4 Å². The molecule has 1 saturated heterocycles. The van der Waals surface area contributed by atoms with E-state index in [1.54, 1.807) is 12.0 Å². The molecule has 110 valence electrons. The molecule has 6 heteroatoms. The maximum absolute atomic E-state index is 12.2. The SMILES string of the molecule is CCCC1(C(=O)O)CCCN1C(=O)CSCCOC. The fraction of sp³-hybridized carbons (Fsp3) is 0.846. The van der Waals surface area contributed by atoms with Crippen LogP contribution in [-0.2, 0) is 14.3 Å². The van der Waals surface area contributed by atoms with E-state index >= 15 is 0 Å². The summed E-state index contributed by atoms with van der Waals surface area (Å²) in [5.41, 5.74) is -0.965. The van der Waals surface area contributed by atoms with Gasteiger partial charge < -0.3 is 14.7 Å². The average molecular weight is 289 g/mol. The smallest absolute Gasteiger partial charge is 0.329 e. The van der Waals surface area contributed by atoms with E-state index in [1.807, 2.05) is 6.92 Å². The molecule has 0 aliphatic carbocycles. The van der Waals surface area contributed by atoms with E-state index in [-0.39, 0.29) is 5.91 Å². The summed E-state index contributed by atoms with van der Waals surface area (Å²) < 4.78 is 4.93. The Hall–Kier alpha value is -0.750. The predicted octanol–water partition coefficient (Wildman–Crippen LogP) is 1.61. The number of ether oxygens (including phenoxy) is 1. The molecule has 19 heavy (non-hydrogen) atoms. The third kappa shape index (κ3) is 3.86. The normalized spacial score (nSPS) is 22.7. The number of thioether (sulfide) groups is 1. The van der Waals surface area contributed by atoms with Crippen molar-refractivity contribution in [3.63, 3.8) is 0 Å². The summed E-state index contributed by atoms with van der Waals surface area (Å²) in [6.45, 7) is 3.13. The Morgan fingerprint density at radius 1 is 1.47 bits per heavy atom. The zero-order chi connectivity index (χ0) is 14.3. The lowest BCUT2D eigenvalue weighted by Crippen LogP contribution is -2.53. The van der Waals surface area contributed by atoms with Gasteiger partial charge in [-0.15, -0.1) is 11.8 Å². The number of methoxy groups -OCH3 is 1. The van der Waals surface area contributed by atoms with Gasteiger partial charge in [-0.25, -0.2) is 4.79 Å². The molecule has 0 bridgehead atoms. The molecule has 0 radical (unpaired) electrons. The van der Waals surface area contributed by atoms with Gasteiger partial charge in [0.15, 0.2) is 0 Å². The van der Waals surface area contributed by atoms with Gasteiger partial charge in [-0.2, -0.15) is 0 Å². The summed E-state index contributed by atoms with van der Waals surface area (Å²) >= 11 is 1.49. The van der Waals surface area contributed by atoms with E-state index in [2.05, 4.69) is 0 Å². The Morgan fingerprint density at radius 2 is 2.21 bits per heavy atom. The van der Waals surface area contributed by atoms with Gasteiger partial charge in [0.2, 0.25) is 5.91 Å². The van der Waals surface area contributed by atoms with E-state index in [0.29, 0.717) is 31.7 Å². The standard InChI is InChI=1S/C13H23NO4S/c1-3-5-13(12(16)17)6-4-7-14(13)11(15)10-19-9-8-18-2/h3-10H2,1-2H3,(H,16,17). The quantitative estimate of drug-likeness (QED) is 0.688. The van der Waals surface area contributed by atoms with Gasteiger partial charge in [0, 0.05) is 19.4 Å². The zero-order valence-electron chi connectivity index (χ0n) is 11.7. The topological polar surface area (TPSA) is 66.8 Å². The summed E-state index contributed by atoms with van der Waals surface area (Å²) in [4.78, 5) is 25.4. The van der Waals surface area contributed by atoms with Crippen LogP contribution in [-0.4, -0.2) is 59.2 Å². The third-order valence-corrected chi connectivity index (χ3v) is 4.42. The fourth-order valence-corrected chi connectivity index (χ4v) is 3.38. The molecule has 0 spiro atoms. The summed E-state index contributed by atoms with van der Waals surface area (Å²) in [6.07, 6.45) is 2.66. The summed E-state index contributed by atoms with van der Waals surface area (Å²) in [6, 6.07) is 0. The maximum atomic E-state index is 12.2. The van der Waals surface area contributed by atoms with Crippen molar-refractivity contribution in [2.45, 2.75) is 38.1 Å². The van der Waals surface area contributed by atoms with Crippen molar-refractivity contribution in [3.8, 4) is 0 Å². The summed E-state index contributed by atoms with van der Waals surface area (Å²) in [5.74, 6) is 0.169. The van der Waals surface area contributed by atoms with E-state index < -0.39 is 11.5 Å². The number of carbonyl (C=O) groups excluding carboxylic acids is 1. The van der Waals surface area contributed by atoms with E-state index in [4.69, 9.17) is 4.74 Å². The largest absolute Gasteiger partial charge is 0.479 e. The van der Waals surface area contributed by atoms with Crippen molar-refractivity contribution in [2.24, 2.45) is 0 Å². The lowest BCUT2D eigenvalue weighted by Gasteiger charge is -2.34. The molecule has 1 N–H and O–H groups in total. The second kappa shape index (κ2) is 7.75. The fourth-order valence-electron chi connectivity index (χ4n) is 2.62. The minimum atomic E-state index is -0.965. The molecule has 0 aromatic rings. The molecule has 1 aliphatic heterocycles. The van der Waals surface area contributed by atoms with Gasteiger partial charge in [-0.3, -0.25) is 4.79 Å². The van der Waals surface area contributed by atoms with Crippen LogP contribution in [0.25, 0.3) is 0 Å². The highest BCUT2D eigenvalue weighted by Gasteiger charge is 2.48. The van der Waals surface area contributed by atoms with Gasteiger partial charge in [0.1, 0.15) is 5.54 Å². The maximum Gasteiger partial charge on any atom is 0.329 e. The predicted molar refractivity (Wildman–Crippen MR) is 75.4 cm³/mol. The van der Waals surface area contributed by atoms with Crippen LogP contribution in [0, 0.1) is 0 Å². The molecule has 1 unspecified atom stereocenters. The summed E-state index contributed by atoms with van der Waals surface area (Å²) in [5, 5.41) is 9.50. The van der Waals surface area contributed by atoms with Crippen LogP contribution in [0.3, 0.4) is 0 Å². The molecule has 0 saturated carbocycles. The average Bonchev–Trinajstić information content (AvgIpc) is 2.80. The number of amides is 1. The molecule has 5 nitrogen and oxygen atoms in total. The Balaban J connectivity index is 2.63. The van der Waals surface area contributed by atoms with Crippen LogP contribution in [0.4, 0.5) is 0 Å². The monoisotopic (exact) mass is 289 g/mol. The van der Waals surface area contributed by atoms with Gasteiger partial charge in [-0.1, -0.05) is 13.3 Å². The third-order valence-electron chi connectivity index (χ3n) is 3.51. The second-order valence-corrected chi connectivity index (χ2v) is 5.89. The molecule has 1 amide bonds. The Labute approximate surface area is 118 Å². The van der Waals surface area contributed by atoms with Crippen LogP contribution in [0.5, 0.6) is 0 Å². The van der Waals surface area contributed by atoms with Crippen LogP contribution < -0.4 is 0 Å². The van der Waals surface area contributed by atoms with Crippen molar-refractivity contribution in [1.82, 2.24) is 4.90 Å². The van der Waals surface area contributed by atoms with Crippen molar-refractivity contribution >= 4 is 23.6 Å². The number of rotatable bonds is 8. The lowest BCUT2D eigenvalue weighted by molar-refractivity contribution is -0.156. The van der Waals surface area contributed by atoms with Crippen molar-refractivity contribution in [3.05, 3.63) is 0 Å². The van der Waals surface area contributed by atoms with Crippen LogP contribution in [0.2, 0.25) is 0 Å². The molecule has 1 aliphatic rings. The van der Waals surface area contributed by atoms with Crippen molar-refractivity contribution in [1.29, 1.82) is 0 Å². The molecule has 1 rings (SSSR count). The van der Waals surface area contributed by atoms with Gasteiger partial charge in [-0.05, 0) is 19.3 Å². The Morgan fingerprint density at radius 3 is 2.79 bits per heavy atom. The number of hydrogen-bond donors (Lipinski definition) is 1. The number of likely N-dealkylation sites (tertiary alicyclic amines) is 1. The second-order valence-electron chi connectivity index (χ2n) is 4.78. The van der Waals surface area contributed by atoms with Gasteiger partial charge in [0.05, 0.1) is 12.4 Å². The molecule has 0 aromatic carbocycles. The first-order valence-corrected chi connectivity index (χ1v) is 7.84.